The van der Waals surface area contributed by atoms with Crippen LogP contribution >= 0.6 is 11.6 Å². The van der Waals surface area contributed by atoms with Crippen LogP contribution in [0.2, 0.25) is 5.02 Å². The van der Waals surface area contributed by atoms with Gasteiger partial charge in [0.05, 0.1) is 18.7 Å². The van der Waals surface area contributed by atoms with Crippen LogP contribution in [0, 0.1) is 0 Å². The van der Waals surface area contributed by atoms with Gasteiger partial charge in [-0.2, -0.15) is 0 Å². The summed E-state index contributed by atoms with van der Waals surface area (Å²) in [5, 5.41) is 11.7. The quantitative estimate of drug-likeness (QED) is 0.200. The Morgan fingerprint density at radius 1 is 0.972 bits per heavy atom. The molecule has 1 amide bonds. The molecule has 1 saturated heterocycles. The molecule has 6 nitrogen and oxygen atoms in total. The van der Waals surface area contributed by atoms with Crippen molar-refractivity contribution in [2.75, 3.05) is 33.3 Å². The summed E-state index contributed by atoms with van der Waals surface area (Å²) >= 11 is 6.54. The van der Waals surface area contributed by atoms with E-state index in [4.69, 9.17) is 16.3 Å². The minimum atomic E-state index is -0.750. The zero-order valence-corrected chi connectivity index (χ0v) is 22.3. The smallest absolute Gasteiger partial charge is 0.295 e. The Morgan fingerprint density at radius 2 is 1.58 bits per heavy atom. The van der Waals surface area contributed by atoms with Crippen LogP contribution in [0.4, 0.5) is 0 Å². The number of aliphatic hydroxyl groups excluding tert-OH is 1. The second-order valence-corrected chi connectivity index (χ2v) is 9.55. The van der Waals surface area contributed by atoms with E-state index in [1.807, 2.05) is 12.1 Å². The highest BCUT2D eigenvalue weighted by molar-refractivity contribution is 6.47. The predicted molar refractivity (Wildman–Crippen MR) is 144 cm³/mol. The summed E-state index contributed by atoms with van der Waals surface area (Å²) in [6.45, 7) is 7.67. The molecule has 1 atom stereocenters. The lowest BCUT2D eigenvalue weighted by molar-refractivity contribution is -0.140. The average molecular weight is 513 g/mol. The minimum absolute atomic E-state index is 0.0621. The normalized spacial score (nSPS) is 17.2. The number of halogens is 1. The van der Waals surface area contributed by atoms with Gasteiger partial charge in [0.25, 0.3) is 11.7 Å². The van der Waals surface area contributed by atoms with E-state index in [0.717, 1.165) is 51.7 Å². The number of benzene rings is 2. The molecule has 0 radical (unpaired) electrons. The summed E-state index contributed by atoms with van der Waals surface area (Å²) in [6, 6.07) is 13.2. The topological polar surface area (TPSA) is 70.1 Å². The van der Waals surface area contributed by atoms with Crippen LogP contribution in [0.25, 0.3) is 5.76 Å². The SMILES string of the molecule is CCCCN(CCCC)CCCN1C(=O)C(=O)/C(=C(\O)c2ccc(OC)cc2)C1c1ccccc1Cl. The first-order valence-corrected chi connectivity index (χ1v) is 13.2. The largest absolute Gasteiger partial charge is 0.507 e. The zero-order chi connectivity index (χ0) is 26.1. The van der Waals surface area contributed by atoms with Gasteiger partial charge < -0.3 is 19.6 Å². The van der Waals surface area contributed by atoms with Crippen LogP contribution < -0.4 is 4.74 Å². The molecule has 1 aliphatic rings. The van der Waals surface area contributed by atoms with Crippen molar-refractivity contribution < 1.29 is 19.4 Å². The standard InChI is InChI=1S/C29H37ClN2O4/c1-4-6-17-31(18-7-5-2)19-10-20-32-26(23-11-8-9-12-24(23)30)25(28(34)29(32)35)27(33)21-13-15-22(36-3)16-14-21/h8-9,11-16,26,33H,4-7,10,17-20H2,1-3H3/b27-25-. The van der Waals surface area contributed by atoms with Crippen LogP contribution in [0.5, 0.6) is 5.75 Å². The van der Waals surface area contributed by atoms with Gasteiger partial charge in [-0.1, -0.05) is 56.5 Å². The summed E-state index contributed by atoms with van der Waals surface area (Å²) in [4.78, 5) is 30.5. The van der Waals surface area contributed by atoms with E-state index in [1.54, 1.807) is 48.4 Å². The van der Waals surface area contributed by atoms with Gasteiger partial charge in [0.2, 0.25) is 0 Å². The van der Waals surface area contributed by atoms with E-state index in [1.165, 1.54) is 0 Å². The molecule has 0 spiro atoms. The Balaban J connectivity index is 1.92. The number of likely N-dealkylation sites (tertiary alicyclic amines) is 1. The van der Waals surface area contributed by atoms with E-state index in [2.05, 4.69) is 18.7 Å². The van der Waals surface area contributed by atoms with Crippen molar-refractivity contribution in [2.24, 2.45) is 0 Å². The maximum Gasteiger partial charge on any atom is 0.295 e. The molecule has 194 valence electrons. The Morgan fingerprint density at radius 3 is 2.17 bits per heavy atom. The van der Waals surface area contributed by atoms with Gasteiger partial charge in [0.15, 0.2) is 0 Å². The van der Waals surface area contributed by atoms with Gasteiger partial charge in [-0.05, 0) is 74.8 Å². The number of rotatable bonds is 13. The number of aliphatic hydroxyl groups is 1. The molecule has 36 heavy (non-hydrogen) atoms. The molecule has 1 N–H and O–H groups in total. The van der Waals surface area contributed by atoms with Crippen LogP contribution in [-0.4, -0.2) is 59.9 Å². The summed E-state index contributed by atoms with van der Waals surface area (Å²) in [5.41, 5.74) is 1.13. The molecule has 3 rings (SSSR count). The van der Waals surface area contributed by atoms with Gasteiger partial charge in [-0.3, -0.25) is 9.59 Å². The first-order valence-electron chi connectivity index (χ1n) is 12.8. The number of amides is 1. The molecule has 1 fully saturated rings. The number of Topliss-reactive ketones (excluding diaryl/α,β-unsaturated/α-hetero) is 1. The van der Waals surface area contributed by atoms with Crippen LogP contribution in [0.1, 0.15) is 63.1 Å². The third kappa shape index (κ3) is 6.48. The fourth-order valence-electron chi connectivity index (χ4n) is 4.60. The summed E-state index contributed by atoms with van der Waals surface area (Å²) < 4.78 is 5.20. The summed E-state index contributed by atoms with van der Waals surface area (Å²) in [5.74, 6) is -0.882. The van der Waals surface area contributed by atoms with Gasteiger partial charge in [-0.15, -0.1) is 0 Å². The van der Waals surface area contributed by atoms with E-state index in [-0.39, 0.29) is 11.3 Å². The van der Waals surface area contributed by atoms with Crippen molar-refractivity contribution in [2.45, 2.75) is 52.0 Å². The third-order valence-electron chi connectivity index (χ3n) is 6.63. The minimum Gasteiger partial charge on any atom is -0.507 e. The summed E-state index contributed by atoms with van der Waals surface area (Å²) in [7, 11) is 1.56. The Bertz CT molecular complexity index is 1060. The summed E-state index contributed by atoms with van der Waals surface area (Å²) in [6.07, 6.45) is 5.26. The van der Waals surface area contributed by atoms with E-state index >= 15 is 0 Å². The van der Waals surface area contributed by atoms with Gasteiger partial charge >= 0.3 is 0 Å². The van der Waals surface area contributed by atoms with Crippen molar-refractivity contribution in [3.05, 3.63) is 70.3 Å². The number of ketones is 1. The number of hydrogen-bond donors (Lipinski definition) is 1. The molecule has 1 aliphatic heterocycles. The van der Waals surface area contributed by atoms with E-state index in [0.29, 0.717) is 28.4 Å². The van der Waals surface area contributed by atoms with Crippen molar-refractivity contribution in [1.82, 2.24) is 9.80 Å². The lowest BCUT2D eigenvalue weighted by Gasteiger charge is -2.28. The Hall–Kier alpha value is -2.83. The second kappa shape index (κ2) is 13.5. The molecule has 2 aromatic carbocycles. The highest BCUT2D eigenvalue weighted by Gasteiger charge is 2.46. The van der Waals surface area contributed by atoms with E-state index < -0.39 is 17.7 Å². The van der Waals surface area contributed by atoms with E-state index in [9.17, 15) is 14.7 Å². The molecule has 1 heterocycles. The molecule has 0 saturated carbocycles. The first kappa shape index (κ1) is 27.8. The molecule has 0 aliphatic carbocycles. The number of carbonyl (C=O) groups excluding carboxylic acids is 2. The number of hydrogen-bond acceptors (Lipinski definition) is 5. The van der Waals surface area contributed by atoms with Crippen LogP contribution in [0.15, 0.2) is 54.1 Å². The third-order valence-corrected chi connectivity index (χ3v) is 6.98. The number of carbonyl (C=O) groups is 2. The highest BCUT2D eigenvalue weighted by atomic mass is 35.5. The maximum atomic E-state index is 13.2. The average Bonchev–Trinajstić information content (AvgIpc) is 3.14. The monoisotopic (exact) mass is 512 g/mol. The second-order valence-electron chi connectivity index (χ2n) is 9.14. The first-order chi connectivity index (χ1) is 17.4. The lowest BCUT2D eigenvalue weighted by atomic mass is 9.95. The fourth-order valence-corrected chi connectivity index (χ4v) is 4.84. The van der Waals surface area contributed by atoms with Crippen molar-refractivity contribution in [3.63, 3.8) is 0 Å². The van der Waals surface area contributed by atoms with Crippen molar-refractivity contribution in [1.29, 1.82) is 0 Å². The molecular weight excluding hydrogens is 476 g/mol. The zero-order valence-electron chi connectivity index (χ0n) is 21.5. The van der Waals surface area contributed by atoms with Crippen LogP contribution in [0.3, 0.4) is 0 Å². The predicted octanol–water partition coefficient (Wildman–Crippen LogP) is 6.06. The molecule has 1 unspecified atom stereocenters. The fraction of sp³-hybridized carbons (Fsp3) is 0.448. The van der Waals surface area contributed by atoms with Gasteiger partial charge in [0.1, 0.15) is 11.5 Å². The van der Waals surface area contributed by atoms with Gasteiger partial charge in [-0.25, -0.2) is 0 Å². The number of unbranched alkanes of at least 4 members (excludes halogenated alkanes) is 2. The number of methoxy groups -OCH3 is 1. The Kier molecular flexibility index (Phi) is 10.4. The molecule has 2 aromatic rings. The number of nitrogens with zero attached hydrogens (tertiary/aromatic N) is 2. The molecule has 0 aromatic heterocycles. The molecular formula is C29H37ClN2O4. The molecule has 7 heteroatoms. The van der Waals surface area contributed by atoms with Crippen molar-refractivity contribution in [3.8, 4) is 5.75 Å². The molecule has 0 bridgehead atoms. The van der Waals surface area contributed by atoms with Gasteiger partial charge in [0, 0.05) is 17.1 Å². The Labute approximate surface area is 219 Å². The highest BCUT2D eigenvalue weighted by Crippen LogP contribution is 2.41. The maximum absolute atomic E-state index is 13.2. The number of ether oxygens (including phenoxy) is 1. The lowest BCUT2D eigenvalue weighted by Crippen LogP contribution is -2.34. The van der Waals surface area contributed by atoms with Crippen LogP contribution in [-0.2, 0) is 9.59 Å². The van der Waals surface area contributed by atoms with Crippen molar-refractivity contribution >= 4 is 29.1 Å².